The molecule has 2 aliphatic heterocycles. The van der Waals surface area contributed by atoms with Crippen LogP contribution in [-0.2, 0) is 13.5 Å². The van der Waals surface area contributed by atoms with Crippen molar-refractivity contribution < 1.29 is 4.79 Å². The summed E-state index contributed by atoms with van der Waals surface area (Å²) in [6.45, 7) is 1.94. The molecule has 2 bridgehead atoms. The van der Waals surface area contributed by atoms with Crippen molar-refractivity contribution in [3.05, 3.63) is 53.5 Å². The number of hydrogen-bond acceptors (Lipinski definition) is 7. The molecule has 1 aromatic carbocycles. The first-order valence-corrected chi connectivity index (χ1v) is 16.1. The Balaban J connectivity index is 1.21. The Labute approximate surface area is 254 Å². The lowest BCUT2D eigenvalue weighted by atomic mass is 9.90. The molecule has 3 aromatic rings. The summed E-state index contributed by atoms with van der Waals surface area (Å²) in [5.74, 6) is 1.02. The number of pyridine rings is 1. The van der Waals surface area contributed by atoms with Crippen LogP contribution in [0.15, 0.2) is 41.5 Å². The van der Waals surface area contributed by atoms with Gasteiger partial charge >= 0.3 is 0 Å². The first-order valence-electron chi connectivity index (χ1n) is 16.1. The van der Waals surface area contributed by atoms with E-state index in [2.05, 4.69) is 57.8 Å². The highest BCUT2D eigenvalue weighted by molar-refractivity contribution is 6.19. The molecule has 226 valence electrons. The van der Waals surface area contributed by atoms with Crippen LogP contribution in [0.25, 0.3) is 11.3 Å². The van der Waals surface area contributed by atoms with Crippen molar-refractivity contribution in [2.24, 2.45) is 18.0 Å². The van der Waals surface area contributed by atoms with Crippen LogP contribution in [0.3, 0.4) is 0 Å². The van der Waals surface area contributed by atoms with E-state index in [-0.39, 0.29) is 5.91 Å². The molecule has 7 rings (SSSR count). The van der Waals surface area contributed by atoms with Crippen LogP contribution in [0, 0.1) is 12.8 Å². The predicted octanol–water partition coefficient (Wildman–Crippen LogP) is 6.01. The van der Waals surface area contributed by atoms with E-state index in [9.17, 15) is 4.79 Å². The number of amides is 1. The maximum absolute atomic E-state index is 13.8. The molecule has 2 aliphatic carbocycles. The highest BCUT2D eigenvalue weighted by Crippen LogP contribution is 2.45. The highest BCUT2D eigenvalue weighted by Gasteiger charge is 2.41. The lowest BCUT2D eigenvalue weighted by Crippen LogP contribution is -2.42. The fraction of sp³-hybridized carbons (Fsp3) is 0.529. The van der Waals surface area contributed by atoms with Gasteiger partial charge in [0.25, 0.3) is 5.91 Å². The van der Waals surface area contributed by atoms with Gasteiger partial charge in [-0.1, -0.05) is 6.42 Å². The van der Waals surface area contributed by atoms with Gasteiger partial charge < -0.3 is 20.4 Å². The Morgan fingerprint density at radius 3 is 2.58 bits per heavy atom. The molecular weight excluding hydrogens is 536 g/mol. The number of benzene rings is 1. The average molecular weight is 581 g/mol. The Morgan fingerprint density at radius 2 is 1.81 bits per heavy atom. The third-order valence-electron chi connectivity index (χ3n) is 9.94. The van der Waals surface area contributed by atoms with Crippen LogP contribution in [0.5, 0.6) is 0 Å². The van der Waals surface area contributed by atoms with Crippen molar-refractivity contribution in [2.75, 3.05) is 29.6 Å². The van der Waals surface area contributed by atoms with Gasteiger partial charge in [0.2, 0.25) is 5.96 Å². The third-order valence-corrected chi connectivity index (χ3v) is 9.94. The number of aromatic nitrogens is 3. The van der Waals surface area contributed by atoms with Crippen LogP contribution in [0.4, 0.5) is 17.1 Å². The summed E-state index contributed by atoms with van der Waals surface area (Å²) in [6.07, 6.45) is 13.3. The van der Waals surface area contributed by atoms with Crippen LogP contribution in [0.2, 0.25) is 0 Å². The van der Waals surface area contributed by atoms with Gasteiger partial charge in [-0.2, -0.15) is 10.1 Å². The first-order chi connectivity index (χ1) is 20.8. The minimum Gasteiger partial charge on any atom is -0.382 e. The molecule has 2 N–H and O–H groups in total. The third kappa shape index (κ3) is 5.67. The number of carbonyl (C=O) groups is 1. The molecule has 0 saturated heterocycles. The van der Waals surface area contributed by atoms with Gasteiger partial charge in [0.15, 0.2) is 0 Å². The van der Waals surface area contributed by atoms with E-state index in [0.29, 0.717) is 35.6 Å². The minimum atomic E-state index is -0.250. The molecule has 2 saturated carbocycles. The smallest absolute Gasteiger partial charge is 0.280 e. The van der Waals surface area contributed by atoms with Crippen molar-refractivity contribution in [3.8, 4) is 11.3 Å². The fourth-order valence-electron chi connectivity index (χ4n) is 7.39. The molecule has 43 heavy (non-hydrogen) atoms. The monoisotopic (exact) mass is 580 g/mol. The molecule has 0 radical (unpaired) electrons. The second kappa shape index (κ2) is 11.4. The van der Waals surface area contributed by atoms with Crippen LogP contribution in [-0.4, -0.2) is 63.8 Å². The molecule has 2 aromatic heterocycles. The Kier molecular flexibility index (Phi) is 7.45. The summed E-state index contributed by atoms with van der Waals surface area (Å²) in [4.78, 5) is 28.0. The van der Waals surface area contributed by atoms with E-state index >= 15 is 0 Å². The maximum Gasteiger partial charge on any atom is 0.280 e. The fourth-order valence-corrected chi connectivity index (χ4v) is 7.39. The summed E-state index contributed by atoms with van der Waals surface area (Å²) < 4.78 is 1.96. The molecular formula is C34H44N8O. The predicted molar refractivity (Wildman–Crippen MR) is 173 cm³/mol. The number of fused-ring (bicyclic) bond motifs is 7. The molecule has 2 fully saturated rings. The molecule has 0 spiro atoms. The zero-order valence-electron chi connectivity index (χ0n) is 25.9. The molecule has 1 atom stereocenters. The van der Waals surface area contributed by atoms with Gasteiger partial charge in [0, 0.05) is 53.4 Å². The van der Waals surface area contributed by atoms with E-state index in [1.807, 2.05) is 37.0 Å². The first kappa shape index (κ1) is 28.1. The number of rotatable bonds is 4. The van der Waals surface area contributed by atoms with E-state index < -0.39 is 0 Å². The molecule has 4 heterocycles. The SMILES string of the molecule is Cc1cc2cc(n1)-c1cnn(C)c1CCCCC(C1CC1)N1/C(=N/C2=O)Nc2cc(N[C@H]3CC[C@@H](N(C)C)CC3)ccc21. The van der Waals surface area contributed by atoms with Crippen LogP contribution >= 0.6 is 0 Å². The summed E-state index contributed by atoms with van der Waals surface area (Å²) in [6, 6.07) is 11.8. The second-order valence-electron chi connectivity index (χ2n) is 13.2. The maximum atomic E-state index is 13.8. The van der Waals surface area contributed by atoms with E-state index in [1.165, 1.54) is 44.2 Å². The summed E-state index contributed by atoms with van der Waals surface area (Å²) in [5, 5.41) is 11.9. The van der Waals surface area contributed by atoms with Crippen molar-refractivity contribution in [1.29, 1.82) is 0 Å². The van der Waals surface area contributed by atoms with Gasteiger partial charge in [-0.15, -0.1) is 0 Å². The number of carbonyl (C=O) groups excluding carboxylic acids is 1. The second-order valence-corrected chi connectivity index (χ2v) is 13.2. The summed E-state index contributed by atoms with van der Waals surface area (Å²) in [5.41, 5.74) is 7.59. The molecule has 9 nitrogen and oxygen atoms in total. The number of aliphatic imine (C=N–C) groups is 1. The lowest BCUT2D eigenvalue weighted by Gasteiger charge is -2.33. The molecule has 4 aliphatic rings. The summed E-state index contributed by atoms with van der Waals surface area (Å²) in [7, 11) is 6.38. The molecule has 9 heteroatoms. The number of hydrogen-bond donors (Lipinski definition) is 2. The number of guanidine groups is 1. The van der Waals surface area contributed by atoms with Gasteiger partial charge in [-0.05, 0) is 115 Å². The normalized spacial score (nSPS) is 25.2. The number of anilines is 3. The topological polar surface area (TPSA) is 90.7 Å². The van der Waals surface area contributed by atoms with Gasteiger partial charge in [-0.3, -0.25) is 14.5 Å². The highest BCUT2D eigenvalue weighted by atomic mass is 16.1. The van der Waals surface area contributed by atoms with E-state index in [1.54, 1.807) is 0 Å². The zero-order chi connectivity index (χ0) is 29.7. The van der Waals surface area contributed by atoms with Gasteiger partial charge in [0.1, 0.15) is 0 Å². The molecule has 1 amide bonds. The lowest BCUT2D eigenvalue weighted by molar-refractivity contribution is 0.100. The Bertz CT molecular complexity index is 1550. The van der Waals surface area contributed by atoms with Gasteiger partial charge in [-0.25, -0.2) is 0 Å². The number of nitrogens with zero attached hydrogens (tertiary/aromatic N) is 6. The Hall–Kier alpha value is -3.72. The standard InChI is InChI=1S/C34H44N8O/c1-21-17-23-18-28(36-21)27-20-35-41(4)31(27)8-6-5-7-30(22-9-10-22)42-32-16-13-25(19-29(32)38-34(42)39-33(23)43)37-24-11-14-26(15-12-24)40(2)3/h13,16-20,22,24,26,30,37H,5-12,14-15H2,1-4H3,(H,38,39,43)/t24-,26+,30?. The summed E-state index contributed by atoms with van der Waals surface area (Å²) >= 11 is 0. The number of aryl methyl sites for hydroxylation is 2. The van der Waals surface area contributed by atoms with Crippen molar-refractivity contribution in [1.82, 2.24) is 19.7 Å². The molecule has 1 unspecified atom stereocenters. The zero-order valence-corrected chi connectivity index (χ0v) is 25.9. The van der Waals surface area contributed by atoms with Crippen molar-refractivity contribution >= 4 is 28.9 Å². The van der Waals surface area contributed by atoms with Crippen LogP contribution < -0.4 is 15.5 Å². The minimum absolute atomic E-state index is 0.250. The largest absolute Gasteiger partial charge is 0.382 e. The van der Waals surface area contributed by atoms with Crippen molar-refractivity contribution in [2.45, 2.75) is 89.3 Å². The van der Waals surface area contributed by atoms with E-state index in [4.69, 9.17) is 9.98 Å². The quantitative estimate of drug-likeness (QED) is 0.391. The van der Waals surface area contributed by atoms with Gasteiger partial charge in [0.05, 0.1) is 23.3 Å². The van der Waals surface area contributed by atoms with Crippen LogP contribution in [0.1, 0.15) is 79.5 Å². The van der Waals surface area contributed by atoms with E-state index in [0.717, 1.165) is 59.7 Å². The number of nitrogens with one attached hydrogen (secondary N) is 2. The Morgan fingerprint density at radius 1 is 1.00 bits per heavy atom. The average Bonchev–Trinajstić information content (AvgIpc) is 3.68. The van der Waals surface area contributed by atoms with Crippen molar-refractivity contribution in [3.63, 3.8) is 0 Å².